The molecular formula is C33H64O5Si6. The molecule has 2 aromatic rings. The molecule has 2 aromatic carbocycles. The van der Waals surface area contributed by atoms with Crippen LogP contribution in [0.25, 0.3) is 0 Å². The lowest BCUT2D eigenvalue weighted by Crippen LogP contribution is -2.61. The van der Waals surface area contributed by atoms with Gasteiger partial charge >= 0.3 is 34.2 Å². The summed E-state index contributed by atoms with van der Waals surface area (Å²) in [6.07, 6.45) is 2.38. The second-order valence-corrected chi connectivity index (χ2v) is 38.9. The molecule has 44 heavy (non-hydrogen) atoms. The van der Waals surface area contributed by atoms with E-state index in [4.69, 9.17) is 20.6 Å². The third-order valence-electron chi connectivity index (χ3n) is 7.65. The SMILES string of the molecule is CCCC[Si](C)(C)O[Si](C)(CC(C)c1ccccc1)O[Si](C)(C)O[Si](C)(CC(C)c1ccccc1)O[Si](C)(C)O[Si](C)(C)C. The third-order valence-corrected chi connectivity index (χ3v) is 31.4. The molecule has 0 aliphatic heterocycles. The minimum absolute atomic E-state index is 0.299. The van der Waals surface area contributed by atoms with Gasteiger partial charge in [-0.1, -0.05) is 94.3 Å². The standard InChI is InChI=1S/C33H64O5Si6/c1-15-16-27-40(7,8)35-43(13,28-30(2)32-23-19-17-20-24-32)37-42(11,12)38-44(14,36-41(9,10)34-39(4,5)6)29-31(3)33-25-21-18-22-26-33/h17-26,30-31H,15-16,27-29H2,1-14H3. The summed E-state index contributed by atoms with van der Waals surface area (Å²) >= 11 is 0. The first-order valence-corrected chi connectivity index (χ1v) is 33.9. The van der Waals surface area contributed by atoms with Crippen molar-refractivity contribution in [3.63, 3.8) is 0 Å². The summed E-state index contributed by atoms with van der Waals surface area (Å²) in [7, 11) is -14.4. The Morgan fingerprint density at radius 2 is 0.886 bits per heavy atom. The molecule has 0 aliphatic rings. The van der Waals surface area contributed by atoms with Crippen LogP contribution < -0.4 is 0 Å². The van der Waals surface area contributed by atoms with Crippen molar-refractivity contribution in [1.29, 1.82) is 0 Å². The van der Waals surface area contributed by atoms with E-state index in [0.717, 1.165) is 18.1 Å². The predicted octanol–water partition coefficient (Wildman–Crippen LogP) is 11.1. The van der Waals surface area contributed by atoms with Crippen LogP contribution in [-0.4, -0.2) is 50.9 Å². The van der Waals surface area contributed by atoms with Crippen LogP contribution in [0.2, 0.25) is 90.1 Å². The largest absolute Gasteiger partial charge is 0.437 e. The summed E-state index contributed by atoms with van der Waals surface area (Å²) in [4.78, 5) is 0. The predicted molar refractivity (Wildman–Crippen MR) is 203 cm³/mol. The van der Waals surface area contributed by atoms with Crippen molar-refractivity contribution < 1.29 is 20.6 Å². The van der Waals surface area contributed by atoms with E-state index < -0.39 is 50.9 Å². The van der Waals surface area contributed by atoms with Gasteiger partial charge < -0.3 is 20.6 Å². The van der Waals surface area contributed by atoms with Gasteiger partial charge in [0.05, 0.1) is 0 Å². The molecule has 0 fully saturated rings. The molecule has 5 nitrogen and oxygen atoms in total. The van der Waals surface area contributed by atoms with E-state index in [1.807, 2.05) is 0 Å². The van der Waals surface area contributed by atoms with Gasteiger partial charge in [-0.05, 0) is 113 Å². The van der Waals surface area contributed by atoms with Crippen molar-refractivity contribution in [2.45, 2.75) is 136 Å². The van der Waals surface area contributed by atoms with Crippen LogP contribution in [0.5, 0.6) is 0 Å². The van der Waals surface area contributed by atoms with Gasteiger partial charge in [-0.2, -0.15) is 0 Å². The zero-order valence-electron chi connectivity index (χ0n) is 30.5. The molecule has 0 radical (unpaired) electrons. The fraction of sp³-hybridized carbons (Fsp3) is 0.636. The quantitative estimate of drug-likeness (QED) is 0.136. The third kappa shape index (κ3) is 14.5. The second kappa shape index (κ2) is 16.1. The Balaban J connectivity index is 2.44. The zero-order chi connectivity index (χ0) is 33.5. The topological polar surface area (TPSA) is 46.2 Å². The molecule has 0 saturated heterocycles. The van der Waals surface area contributed by atoms with Crippen LogP contribution in [0, 0.1) is 0 Å². The Morgan fingerprint density at radius 3 is 1.25 bits per heavy atom. The monoisotopic (exact) mass is 708 g/mol. The Hall–Kier alpha value is -0.459. The number of benzene rings is 2. The maximum Gasteiger partial charge on any atom is 0.317 e. The van der Waals surface area contributed by atoms with E-state index in [2.05, 4.69) is 153 Å². The summed E-state index contributed by atoms with van der Waals surface area (Å²) < 4.78 is 35.8. The smallest absolute Gasteiger partial charge is 0.317 e. The van der Waals surface area contributed by atoms with E-state index in [-0.39, 0.29) is 0 Å². The fourth-order valence-electron chi connectivity index (χ4n) is 6.70. The van der Waals surface area contributed by atoms with E-state index in [0.29, 0.717) is 11.8 Å². The summed E-state index contributed by atoms with van der Waals surface area (Å²) in [5, 5.41) is 0. The van der Waals surface area contributed by atoms with Gasteiger partial charge in [0.1, 0.15) is 0 Å². The van der Waals surface area contributed by atoms with Crippen molar-refractivity contribution in [2.75, 3.05) is 0 Å². The molecule has 0 amide bonds. The van der Waals surface area contributed by atoms with Crippen molar-refractivity contribution in [1.82, 2.24) is 0 Å². The molecule has 2 rings (SSSR count). The number of hydrogen-bond acceptors (Lipinski definition) is 5. The molecular weight excluding hydrogens is 645 g/mol. The molecule has 4 unspecified atom stereocenters. The summed E-state index contributed by atoms with van der Waals surface area (Å²) in [5.74, 6) is 0.635. The highest BCUT2D eigenvalue weighted by atomic mass is 28.5. The Morgan fingerprint density at radius 1 is 0.523 bits per heavy atom. The Bertz CT molecular complexity index is 1130. The van der Waals surface area contributed by atoms with E-state index >= 15 is 0 Å². The van der Waals surface area contributed by atoms with Gasteiger partial charge in [0.2, 0.25) is 0 Å². The lowest BCUT2D eigenvalue weighted by Gasteiger charge is -2.46. The van der Waals surface area contributed by atoms with Gasteiger partial charge in [0.25, 0.3) is 0 Å². The first-order valence-electron chi connectivity index (χ1n) is 16.7. The lowest BCUT2D eigenvalue weighted by molar-refractivity contribution is 0.271. The van der Waals surface area contributed by atoms with Gasteiger partial charge in [0.15, 0.2) is 16.6 Å². The highest BCUT2D eigenvalue weighted by molar-refractivity contribution is 6.91. The molecule has 0 bridgehead atoms. The molecule has 0 heterocycles. The van der Waals surface area contributed by atoms with Crippen molar-refractivity contribution in [2.24, 2.45) is 0 Å². The van der Waals surface area contributed by atoms with Crippen molar-refractivity contribution >= 4 is 50.9 Å². The molecule has 11 heteroatoms. The molecule has 250 valence electrons. The zero-order valence-corrected chi connectivity index (χ0v) is 36.5. The van der Waals surface area contributed by atoms with E-state index in [1.165, 1.54) is 24.0 Å². The molecule has 0 spiro atoms. The van der Waals surface area contributed by atoms with Crippen LogP contribution in [0.15, 0.2) is 60.7 Å². The molecule has 0 aromatic heterocycles. The fourth-order valence-corrected chi connectivity index (χ4v) is 37.6. The summed E-state index contributed by atoms with van der Waals surface area (Å²) in [5.41, 5.74) is 2.65. The van der Waals surface area contributed by atoms with Crippen LogP contribution >= 0.6 is 0 Å². The number of unbranched alkanes of at least 4 members (excludes halogenated alkanes) is 1. The second-order valence-electron chi connectivity index (χ2n) is 15.6. The van der Waals surface area contributed by atoms with Gasteiger partial charge in [0, 0.05) is 0 Å². The van der Waals surface area contributed by atoms with Gasteiger partial charge in [-0.3, -0.25) is 0 Å². The average molecular weight is 709 g/mol. The van der Waals surface area contributed by atoms with Crippen molar-refractivity contribution in [3.05, 3.63) is 71.8 Å². The minimum Gasteiger partial charge on any atom is -0.437 e. The number of hydrogen-bond donors (Lipinski definition) is 0. The van der Waals surface area contributed by atoms with E-state index in [9.17, 15) is 0 Å². The van der Waals surface area contributed by atoms with Crippen LogP contribution in [0.1, 0.15) is 56.6 Å². The summed E-state index contributed by atoms with van der Waals surface area (Å²) in [6, 6.07) is 24.4. The van der Waals surface area contributed by atoms with Crippen LogP contribution in [0.3, 0.4) is 0 Å². The minimum atomic E-state index is -2.78. The highest BCUT2D eigenvalue weighted by Crippen LogP contribution is 2.37. The molecule has 0 N–H and O–H groups in total. The van der Waals surface area contributed by atoms with Crippen LogP contribution in [-0.2, 0) is 20.6 Å². The molecule has 0 aliphatic carbocycles. The van der Waals surface area contributed by atoms with Gasteiger partial charge in [-0.25, -0.2) is 0 Å². The normalized spacial score (nSPS) is 17.5. The average Bonchev–Trinajstić information content (AvgIpc) is 2.84. The van der Waals surface area contributed by atoms with E-state index in [1.54, 1.807) is 0 Å². The summed E-state index contributed by atoms with van der Waals surface area (Å²) in [6.45, 7) is 31.7. The highest BCUT2D eigenvalue weighted by Gasteiger charge is 2.51. The first-order chi connectivity index (χ1) is 20.1. The molecule has 4 atom stereocenters. The number of rotatable bonds is 19. The lowest BCUT2D eigenvalue weighted by atomic mass is 10.0. The van der Waals surface area contributed by atoms with Crippen LogP contribution in [0.4, 0.5) is 0 Å². The Labute approximate surface area is 277 Å². The maximum atomic E-state index is 7.34. The molecule has 0 saturated carbocycles. The first kappa shape index (κ1) is 39.7. The van der Waals surface area contributed by atoms with Gasteiger partial charge in [-0.15, -0.1) is 0 Å². The van der Waals surface area contributed by atoms with Crippen molar-refractivity contribution in [3.8, 4) is 0 Å². The Kier molecular flexibility index (Phi) is 14.5. The maximum absolute atomic E-state index is 7.34.